The van der Waals surface area contributed by atoms with Crippen LogP contribution in [0.15, 0.2) is 24.3 Å². The summed E-state index contributed by atoms with van der Waals surface area (Å²) >= 11 is 0. The molecule has 0 aromatic heterocycles. The van der Waals surface area contributed by atoms with Crippen LogP contribution in [0, 0.1) is 6.92 Å². The third-order valence-electron chi connectivity index (χ3n) is 3.29. The van der Waals surface area contributed by atoms with Crippen LogP contribution >= 0.6 is 0 Å². The van der Waals surface area contributed by atoms with Crippen LogP contribution in [-0.2, 0) is 4.79 Å². The number of carboxylic acids is 1. The smallest absolute Gasteiger partial charge is 0.326 e. The number of carbonyl (C=O) groups is 1. The van der Waals surface area contributed by atoms with Crippen molar-refractivity contribution in [3.05, 3.63) is 29.8 Å². The Morgan fingerprint density at radius 3 is 2.37 bits per heavy atom. The number of aryl methyl sites for hydroxylation is 1. The molecular formula is C16H25NO2. The first-order chi connectivity index (χ1) is 9.13. The first-order valence-electron chi connectivity index (χ1n) is 7.19. The summed E-state index contributed by atoms with van der Waals surface area (Å²) in [7, 11) is 0. The van der Waals surface area contributed by atoms with Gasteiger partial charge in [-0.1, -0.05) is 56.7 Å². The minimum atomic E-state index is -0.768. The highest BCUT2D eigenvalue weighted by atomic mass is 16.4. The molecule has 0 heterocycles. The number of aliphatic carboxylic acids is 1. The highest BCUT2D eigenvalue weighted by Crippen LogP contribution is 2.14. The van der Waals surface area contributed by atoms with Crippen molar-refractivity contribution in [1.29, 1.82) is 0 Å². The fourth-order valence-electron chi connectivity index (χ4n) is 2.06. The topological polar surface area (TPSA) is 49.3 Å². The summed E-state index contributed by atoms with van der Waals surface area (Å²) in [5.41, 5.74) is 2.06. The molecule has 1 atom stereocenters. The van der Waals surface area contributed by atoms with Gasteiger partial charge in [-0.15, -0.1) is 0 Å². The van der Waals surface area contributed by atoms with Crippen LogP contribution in [0.3, 0.4) is 0 Å². The summed E-state index contributed by atoms with van der Waals surface area (Å²) in [5.74, 6) is -0.768. The molecule has 0 aliphatic carbocycles. The summed E-state index contributed by atoms with van der Waals surface area (Å²) in [6.07, 6.45) is 6.43. The maximum absolute atomic E-state index is 11.2. The first-order valence-corrected chi connectivity index (χ1v) is 7.19. The second kappa shape index (κ2) is 8.57. The Kier molecular flexibility index (Phi) is 7.01. The monoisotopic (exact) mass is 263 g/mol. The molecule has 3 nitrogen and oxygen atoms in total. The van der Waals surface area contributed by atoms with E-state index in [0.717, 1.165) is 18.5 Å². The third-order valence-corrected chi connectivity index (χ3v) is 3.29. The van der Waals surface area contributed by atoms with E-state index in [9.17, 15) is 9.90 Å². The molecule has 1 aromatic rings. The maximum Gasteiger partial charge on any atom is 0.326 e. The lowest BCUT2D eigenvalue weighted by Crippen LogP contribution is -2.29. The fraction of sp³-hybridized carbons (Fsp3) is 0.562. The zero-order chi connectivity index (χ0) is 14.1. The predicted octanol–water partition coefficient (Wildman–Crippen LogP) is 4.22. The minimum absolute atomic E-state index is 0.482. The van der Waals surface area contributed by atoms with Gasteiger partial charge in [0.25, 0.3) is 0 Å². The summed E-state index contributed by atoms with van der Waals surface area (Å²) in [6, 6.07) is 7.36. The average molecular weight is 263 g/mol. The SMILES string of the molecule is CCCCCCCC(Nc1ccc(C)cc1)C(=O)O. The molecule has 1 aromatic carbocycles. The van der Waals surface area contributed by atoms with Crippen molar-refractivity contribution in [2.45, 2.75) is 58.4 Å². The number of hydrogen-bond donors (Lipinski definition) is 2. The predicted molar refractivity (Wildman–Crippen MR) is 79.6 cm³/mol. The summed E-state index contributed by atoms with van der Waals surface area (Å²) in [4.78, 5) is 11.2. The van der Waals surface area contributed by atoms with Crippen LogP contribution in [0.2, 0.25) is 0 Å². The van der Waals surface area contributed by atoms with Crippen LogP contribution in [0.4, 0.5) is 5.69 Å². The van der Waals surface area contributed by atoms with Gasteiger partial charge in [-0.3, -0.25) is 0 Å². The zero-order valence-electron chi connectivity index (χ0n) is 12.0. The Morgan fingerprint density at radius 2 is 1.79 bits per heavy atom. The highest BCUT2D eigenvalue weighted by molar-refractivity contribution is 5.77. The van der Waals surface area contributed by atoms with Gasteiger partial charge < -0.3 is 10.4 Å². The Morgan fingerprint density at radius 1 is 1.16 bits per heavy atom. The van der Waals surface area contributed by atoms with Crippen LogP contribution in [0.1, 0.15) is 51.0 Å². The van der Waals surface area contributed by atoms with Gasteiger partial charge in [0.15, 0.2) is 0 Å². The molecule has 0 aliphatic heterocycles. The van der Waals surface area contributed by atoms with Gasteiger partial charge in [0.05, 0.1) is 0 Å². The summed E-state index contributed by atoms with van der Waals surface area (Å²) in [5, 5.41) is 12.3. The standard InChI is InChI=1S/C16H25NO2/c1-3-4-5-6-7-8-15(16(18)19)17-14-11-9-13(2)10-12-14/h9-12,15,17H,3-8H2,1-2H3,(H,18,19). The molecule has 0 amide bonds. The molecule has 0 saturated heterocycles. The quantitative estimate of drug-likeness (QED) is 0.656. The molecule has 0 saturated carbocycles. The molecule has 0 fully saturated rings. The normalized spacial score (nSPS) is 12.1. The molecule has 1 unspecified atom stereocenters. The van der Waals surface area contributed by atoms with Crippen LogP contribution in [0.5, 0.6) is 0 Å². The molecule has 106 valence electrons. The third kappa shape index (κ3) is 6.27. The Balaban J connectivity index is 2.40. The lowest BCUT2D eigenvalue weighted by atomic mass is 10.1. The van der Waals surface area contributed by atoms with Crippen molar-refractivity contribution in [3.8, 4) is 0 Å². The van der Waals surface area contributed by atoms with Crippen molar-refractivity contribution in [3.63, 3.8) is 0 Å². The van der Waals surface area contributed by atoms with E-state index in [4.69, 9.17) is 0 Å². The van der Waals surface area contributed by atoms with Gasteiger partial charge in [-0.05, 0) is 25.5 Å². The molecule has 0 radical (unpaired) electrons. The molecule has 0 aliphatic rings. The number of unbranched alkanes of at least 4 members (excludes halogenated alkanes) is 4. The number of carboxylic acid groups (broad SMARTS) is 1. The molecule has 0 bridgehead atoms. The van der Waals surface area contributed by atoms with Gasteiger partial charge in [0.2, 0.25) is 0 Å². The highest BCUT2D eigenvalue weighted by Gasteiger charge is 2.16. The largest absolute Gasteiger partial charge is 0.480 e. The molecular weight excluding hydrogens is 238 g/mol. The number of benzene rings is 1. The van der Waals surface area contributed by atoms with E-state index >= 15 is 0 Å². The van der Waals surface area contributed by atoms with Crippen molar-refractivity contribution in [2.75, 3.05) is 5.32 Å². The van der Waals surface area contributed by atoms with Crippen molar-refractivity contribution in [1.82, 2.24) is 0 Å². The molecule has 0 spiro atoms. The fourth-order valence-corrected chi connectivity index (χ4v) is 2.06. The van der Waals surface area contributed by atoms with Crippen LogP contribution in [-0.4, -0.2) is 17.1 Å². The number of nitrogens with one attached hydrogen (secondary N) is 1. The molecule has 19 heavy (non-hydrogen) atoms. The van der Waals surface area contributed by atoms with Crippen LogP contribution < -0.4 is 5.32 Å². The molecule has 1 rings (SSSR count). The van der Waals surface area contributed by atoms with Gasteiger partial charge in [0, 0.05) is 5.69 Å². The number of rotatable bonds is 9. The van der Waals surface area contributed by atoms with Gasteiger partial charge in [0.1, 0.15) is 6.04 Å². The van der Waals surface area contributed by atoms with E-state index in [1.165, 1.54) is 24.8 Å². The maximum atomic E-state index is 11.2. The molecule has 3 heteroatoms. The first kappa shape index (κ1) is 15.5. The lowest BCUT2D eigenvalue weighted by molar-refractivity contribution is -0.138. The van der Waals surface area contributed by atoms with E-state index in [0.29, 0.717) is 6.42 Å². The number of anilines is 1. The second-order valence-corrected chi connectivity index (χ2v) is 5.10. The average Bonchev–Trinajstić information content (AvgIpc) is 2.39. The van der Waals surface area contributed by atoms with Crippen LogP contribution in [0.25, 0.3) is 0 Å². The van der Waals surface area contributed by atoms with Crippen molar-refractivity contribution in [2.24, 2.45) is 0 Å². The van der Waals surface area contributed by atoms with E-state index in [1.54, 1.807) is 0 Å². The van der Waals surface area contributed by atoms with Crippen molar-refractivity contribution < 1.29 is 9.90 Å². The second-order valence-electron chi connectivity index (χ2n) is 5.10. The zero-order valence-corrected chi connectivity index (χ0v) is 12.0. The van der Waals surface area contributed by atoms with E-state index in [2.05, 4.69) is 12.2 Å². The van der Waals surface area contributed by atoms with E-state index in [1.807, 2.05) is 31.2 Å². The Bertz CT molecular complexity index is 373. The van der Waals surface area contributed by atoms with Gasteiger partial charge in [-0.2, -0.15) is 0 Å². The summed E-state index contributed by atoms with van der Waals surface area (Å²) in [6.45, 7) is 4.20. The lowest BCUT2D eigenvalue weighted by Gasteiger charge is -2.15. The van der Waals surface area contributed by atoms with E-state index < -0.39 is 12.0 Å². The Labute approximate surface area is 116 Å². The van der Waals surface area contributed by atoms with Crippen molar-refractivity contribution >= 4 is 11.7 Å². The van der Waals surface area contributed by atoms with Gasteiger partial charge in [-0.25, -0.2) is 4.79 Å². The minimum Gasteiger partial charge on any atom is -0.480 e. The summed E-state index contributed by atoms with van der Waals surface area (Å²) < 4.78 is 0. The van der Waals surface area contributed by atoms with Gasteiger partial charge >= 0.3 is 5.97 Å². The molecule has 2 N–H and O–H groups in total. The van der Waals surface area contributed by atoms with E-state index in [-0.39, 0.29) is 0 Å². The number of hydrogen-bond acceptors (Lipinski definition) is 2. The Hall–Kier alpha value is -1.51.